The maximum Gasteiger partial charge on any atom is 0.0612 e. The van der Waals surface area contributed by atoms with Gasteiger partial charge < -0.3 is 5.32 Å². The van der Waals surface area contributed by atoms with Gasteiger partial charge in [0, 0.05) is 5.69 Å². The molecule has 2 aromatic carbocycles. The lowest BCUT2D eigenvalue weighted by Crippen LogP contribution is -2.11. The second-order valence-electron chi connectivity index (χ2n) is 5.27. The van der Waals surface area contributed by atoms with Gasteiger partial charge in [-0.15, -0.1) is 0 Å². The zero-order valence-electron chi connectivity index (χ0n) is 11.2. The summed E-state index contributed by atoms with van der Waals surface area (Å²) in [7, 11) is 0. The molecule has 3 rings (SSSR count). The minimum atomic E-state index is 0.353. The lowest BCUT2D eigenvalue weighted by molar-refractivity contribution is 0.644. The molecule has 1 aliphatic rings. The number of hydrogen-bond donors (Lipinski definition) is 1. The molecule has 0 saturated heterocycles. The zero-order valence-corrected chi connectivity index (χ0v) is 12.7. The van der Waals surface area contributed by atoms with Gasteiger partial charge in [0.25, 0.3) is 0 Å². The molecule has 0 saturated carbocycles. The minimum absolute atomic E-state index is 0.353. The maximum absolute atomic E-state index is 6.09. The number of aryl methyl sites for hydroxylation is 1. The van der Waals surface area contributed by atoms with Gasteiger partial charge in [-0.2, -0.15) is 0 Å². The van der Waals surface area contributed by atoms with E-state index in [-0.39, 0.29) is 0 Å². The summed E-state index contributed by atoms with van der Waals surface area (Å²) in [4.78, 5) is 0. The maximum atomic E-state index is 6.09. The van der Waals surface area contributed by atoms with Crippen molar-refractivity contribution in [2.24, 2.45) is 0 Å². The molecule has 104 valence electrons. The van der Waals surface area contributed by atoms with Crippen LogP contribution in [0.2, 0.25) is 10.0 Å². The summed E-state index contributed by atoms with van der Waals surface area (Å²) >= 11 is 12.1. The fourth-order valence-electron chi connectivity index (χ4n) is 2.86. The highest BCUT2D eigenvalue weighted by molar-refractivity contribution is 6.42. The van der Waals surface area contributed by atoms with Crippen molar-refractivity contribution in [1.29, 1.82) is 0 Å². The van der Waals surface area contributed by atoms with Gasteiger partial charge in [-0.3, -0.25) is 0 Å². The monoisotopic (exact) mass is 305 g/mol. The third-order valence-electron chi connectivity index (χ3n) is 3.88. The highest BCUT2D eigenvalue weighted by Gasteiger charge is 2.18. The number of hydrogen-bond acceptors (Lipinski definition) is 1. The molecule has 0 fully saturated rings. The first-order chi connectivity index (χ1) is 9.74. The molecule has 1 nitrogen and oxygen atoms in total. The molecule has 1 aliphatic carbocycles. The van der Waals surface area contributed by atoms with Crippen LogP contribution in [-0.2, 0) is 6.42 Å². The largest absolute Gasteiger partial charge is 0.378 e. The number of nitrogens with one attached hydrogen (secondary N) is 1. The van der Waals surface area contributed by atoms with E-state index in [1.807, 2.05) is 18.2 Å². The number of rotatable bonds is 2. The molecule has 0 bridgehead atoms. The number of anilines is 1. The van der Waals surface area contributed by atoms with Crippen LogP contribution in [0.15, 0.2) is 42.5 Å². The molecule has 0 aliphatic heterocycles. The van der Waals surface area contributed by atoms with E-state index in [9.17, 15) is 0 Å². The first-order valence-corrected chi connectivity index (χ1v) is 7.79. The molecule has 0 radical (unpaired) electrons. The molecule has 0 aromatic heterocycles. The molecule has 20 heavy (non-hydrogen) atoms. The fourth-order valence-corrected chi connectivity index (χ4v) is 3.16. The minimum Gasteiger partial charge on any atom is -0.378 e. The molecular formula is C17H17Cl2N. The first kappa shape index (κ1) is 13.8. The van der Waals surface area contributed by atoms with Gasteiger partial charge in [-0.1, -0.05) is 53.9 Å². The number of fused-ring (bicyclic) bond motifs is 1. The summed E-state index contributed by atoms with van der Waals surface area (Å²) in [5, 5.41) is 4.79. The van der Waals surface area contributed by atoms with Crippen LogP contribution >= 0.6 is 23.2 Å². The molecule has 0 spiro atoms. The van der Waals surface area contributed by atoms with Crippen molar-refractivity contribution >= 4 is 28.9 Å². The quantitative estimate of drug-likeness (QED) is 0.684. The van der Waals surface area contributed by atoms with Gasteiger partial charge in [-0.25, -0.2) is 0 Å². The van der Waals surface area contributed by atoms with Crippen LogP contribution in [0.25, 0.3) is 0 Å². The van der Waals surface area contributed by atoms with Gasteiger partial charge in [0.05, 0.1) is 16.1 Å². The van der Waals surface area contributed by atoms with Gasteiger partial charge >= 0.3 is 0 Å². The highest BCUT2D eigenvalue weighted by atomic mass is 35.5. The van der Waals surface area contributed by atoms with Crippen molar-refractivity contribution < 1.29 is 0 Å². The number of halogens is 2. The van der Waals surface area contributed by atoms with E-state index in [2.05, 4.69) is 29.6 Å². The third-order valence-corrected chi connectivity index (χ3v) is 4.62. The molecule has 1 unspecified atom stereocenters. The average molecular weight is 306 g/mol. The van der Waals surface area contributed by atoms with E-state index < -0.39 is 0 Å². The van der Waals surface area contributed by atoms with Crippen LogP contribution in [0.4, 0.5) is 5.69 Å². The first-order valence-electron chi connectivity index (χ1n) is 7.03. The Morgan fingerprint density at radius 3 is 2.65 bits per heavy atom. The van der Waals surface area contributed by atoms with Crippen LogP contribution in [0.1, 0.15) is 36.4 Å². The van der Waals surface area contributed by atoms with Crippen molar-refractivity contribution in [3.05, 3.63) is 63.6 Å². The summed E-state index contributed by atoms with van der Waals surface area (Å²) in [6.45, 7) is 0. The average Bonchev–Trinajstić information content (AvgIpc) is 2.66. The van der Waals surface area contributed by atoms with Crippen LogP contribution in [0.5, 0.6) is 0 Å². The lowest BCUT2D eigenvalue weighted by Gasteiger charge is -2.21. The smallest absolute Gasteiger partial charge is 0.0612 e. The second-order valence-corrected chi connectivity index (χ2v) is 6.08. The summed E-state index contributed by atoms with van der Waals surface area (Å²) in [5.74, 6) is 0. The fraction of sp³-hybridized carbons (Fsp3) is 0.294. The molecule has 0 heterocycles. The van der Waals surface area contributed by atoms with Crippen molar-refractivity contribution in [3.8, 4) is 0 Å². The summed E-state index contributed by atoms with van der Waals surface area (Å²) in [6, 6.07) is 14.8. The predicted octanol–water partition coefficient (Wildman–Crippen LogP) is 5.87. The Labute approximate surface area is 129 Å². The van der Waals surface area contributed by atoms with E-state index in [0.29, 0.717) is 16.1 Å². The topological polar surface area (TPSA) is 12.0 Å². The van der Waals surface area contributed by atoms with E-state index in [1.165, 1.54) is 30.4 Å². The highest BCUT2D eigenvalue weighted by Crippen LogP contribution is 2.33. The Kier molecular flexibility index (Phi) is 4.18. The van der Waals surface area contributed by atoms with Crippen LogP contribution in [-0.4, -0.2) is 0 Å². The lowest BCUT2D eigenvalue weighted by atomic mass is 9.99. The Morgan fingerprint density at radius 1 is 0.950 bits per heavy atom. The predicted molar refractivity (Wildman–Crippen MR) is 86.8 cm³/mol. The second kappa shape index (κ2) is 6.07. The Bertz CT molecular complexity index is 610. The Hall–Kier alpha value is -1.18. The van der Waals surface area contributed by atoms with Gasteiger partial charge in [-0.05, 0) is 48.6 Å². The van der Waals surface area contributed by atoms with Crippen molar-refractivity contribution in [3.63, 3.8) is 0 Å². The molecule has 1 atom stereocenters. The molecule has 0 amide bonds. The Morgan fingerprint density at radius 2 is 1.80 bits per heavy atom. The van der Waals surface area contributed by atoms with Crippen molar-refractivity contribution in [1.82, 2.24) is 0 Å². The Balaban J connectivity index is 1.88. The summed E-state index contributed by atoms with van der Waals surface area (Å²) in [5.41, 5.74) is 3.90. The third kappa shape index (κ3) is 2.94. The van der Waals surface area contributed by atoms with Crippen LogP contribution < -0.4 is 5.32 Å². The van der Waals surface area contributed by atoms with E-state index in [0.717, 1.165) is 12.1 Å². The van der Waals surface area contributed by atoms with Gasteiger partial charge in [0.1, 0.15) is 0 Å². The summed E-state index contributed by atoms with van der Waals surface area (Å²) in [6.07, 6.45) is 4.83. The van der Waals surface area contributed by atoms with Gasteiger partial charge in [0.2, 0.25) is 0 Å². The molecule has 1 N–H and O–H groups in total. The molecule has 3 heteroatoms. The van der Waals surface area contributed by atoms with Crippen LogP contribution in [0, 0.1) is 0 Å². The standard InChI is InChI=1S/C17H17Cl2N/c18-15-10-9-13(11-16(15)19)20-17-8-4-2-6-12-5-1-3-7-14(12)17/h1,3,5,7,9-11,17,20H,2,4,6,8H2. The number of benzene rings is 2. The van der Waals surface area contributed by atoms with E-state index in [1.54, 1.807) is 0 Å². The normalized spacial score (nSPS) is 18.2. The molecule has 2 aromatic rings. The van der Waals surface area contributed by atoms with Gasteiger partial charge in [0.15, 0.2) is 0 Å². The molecular weight excluding hydrogens is 289 g/mol. The SMILES string of the molecule is Clc1ccc(NC2CCCCc3ccccc32)cc1Cl. The van der Waals surface area contributed by atoms with E-state index >= 15 is 0 Å². The van der Waals surface area contributed by atoms with Crippen LogP contribution in [0.3, 0.4) is 0 Å². The van der Waals surface area contributed by atoms with Crippen molar-refractivity contribution in [2.75, 3.05) is 5.32 Å². The summed E-state index contributed by atoms with van der Waals surface area (Å²) < 4.78 is 0. The van der Waals surface area contributed by atoms with Crippen molar-refractivity contribution in [2.45, 2.75) is 31.7 Å². The van der Waals surface area contributed by atoms with E-state index in [4.69, 9.17) is 23.2 Å². The zero-order chi connectivity index (χ0) is 13.9.